The summed E-state index contributed by atoms with van der Waals surface area (Å²) in [6.45, 7) is 12.8. The van der Waals surface area contributed by atoms with Crippen molar-refractivity contribution in [3.63, 3.8) is 0 Å². The summed E-state index contributed by atoms with van der Waals surface area (Å²) in [6.07, 6.45) is 4.00. The quantitative estimate of drug-likeness (QED) is 0.805. The fraction of sp³-hybridized carbons (Fsp3) is 0.867. The van der Waals surface area contributed by atoms with Crippen molar-refractivity contribution in [1.82, 2.24) is 24.6 Å². The van der Waals surface area contributed by atoms with Crippen LogP contribution < -0.4 is 5.73 Å². The first-order valence-electron chi connectivity index (χ1n) is 8.24. The zero-order valence-corrected chi connectivity index (χ0v) is 13.5. The Labute approximate surface area is 128 Å². The molecular formula is C15H30N6. The average Bonchev–Trinajstić information content (AvgIpc) is 2.79. The van der Waals surface area contributed by atoms with E-state index >= 15 is 0 Å². The summed E-state index contributed by atoms with van der Waals surface area (Å²) in [7, 11) is 0. The maximum atomic E-state index is 5.74. The van der Waals surface area contributed by atoms with Crippen molar-refractivity contribution in [2.24, 2.45) is 11.7 Å². The molecule has 1 aliphatic heterocycles. The zero-order valence-electron chi connectivity index (χ0n) is 13.5. The lowest BCUT2D eigenvalue weighted by Crippen LogP contribution is -2.35. The van der Waals surface area contributed by atoms with Gasteiger partial charge in [0.05, 0.1) is 6.54 Å². The van der Waals surface area contributed by atoms with Gasteiger partial charge in [-0.15, -0.1) is 0 Å². The van der Waals surface area contributed by atoms with Gasteiger partial charge in [0, 0.05) is 26.2 Å². The van der Waals surface area contributed by atoms with Gasteiger partial charge in [-0.3, -0.25) is 4.90 Å². The fourth-order valence-electron chi connectivity index (χ4n) is 2.89. The Balaban J connectivity index is 1.84. The summed E-state index contributed by atoms with van der Waals surface area (Å²) in [5.41, 5.74) is 5.74. The van der Waals surface area contributed by atoms with Crippen LogP contribution in [0.2, 0.25) is 0 Å². The molecule has 0 radical (unpaired) electrons. The Morgan fingerprint density at radius 3 is 2.76 bits per heavy atom. The Kier molecular flexibility index (Phi) is 6.60. The molecule has 1 aliphatic rings. The highest BCUT2D eigenvalue weighted by atomic mass is 15.3. The number of aryl methyl sites for hydroxylation is 1. The van der Waals surface area contributed by atoms with Crippen LogP contribution in [0.25, 0.3) is 0 Å². The largest absolute Gasteiger partial charge is 0.330 e. The molecule has 6 nitrogen and oxygen atoms in total. The summed E-state index contributed by atoms with van der Waals surface area (Å²) < 4.78 is 2.04. The smallest absolute Gasteiger partial charge is 0.141 e. The third-order valence-electron chi connectivity index (χ3n) is 4.15. The molecule has 2 rings (SSSR count). The molecule has 1 aromatic heterocycles. The third kappa shape index (κ3) is 5.05. The second-order valence-corrected chi connectivity index (χ2v) is 6.17. The lowest BCUT2D eigenvalue weighted by molar-refractivity contribution is 0.228. The molecule has 1 aromatic rings. The standard InChI is InChI=1S/C15H30N6/c1-3-5-21-15(17-13-18-21)12-20-7-4-6-19(8-9-20)11-14(2)10-16/h13-14H,3-12,16H2,1-2H3. The van der Waals surface area contributed by atoms with E-state index in [1.165, 1.54) is 13.0 Å². The van der Waals surface area contributed by atoms with Crippen LogP contribution in [0.4, 0.5) is 0 Å². The van der Waals surface area contributed by atoms with E-state index in [1.54, 1.807) is 6.33 Å². The molecule has 0 saturated carbocycles. The fourth-order valence-corrected chi connectivity index (χ4v) is 2.89. The van der Waals surface area contributed by atoms with Gasteiger partial charge in [-0.2, -0.15) is 5.10 Å². The molecule has 6 heteroatoms. The molecule has 1 fully saturated rings. The van der Waals surface area contributed by atoms with Crippen molar-refractivity contribution >= 4 is 0 Å². The van der Waals surface area contributed by atoms with Crippen molar-refractivity contribution in [3.05, 3.63) is 12.2 Å². The molecule has 1 atom stereocenters. The van der Waals surface area contributed by atoms with Crippen LogP contribution in [0.5, 0.6) is 0 Å². The first-order valence-corrected chi connectivity index (χ1v) is 8.24. The van der Waals surface area contributed by atoms with Crippen LogP contribution in [0, 0.1) is 5.92 Å². The molecule has 0 spiro atoms. The van der Waals surface area contributed by atoms with Crippen molar-refractivity contribution in [2.45, 2.75) is 39.8 Å². The first kappa shape index (κ1) is 16.4. The minimum atomic E-state index is 0.587. The van der Waals surface area contributed by atoms with E-state index in [4.69, 9.17) is 5.73 Å². The second-order valence-electron chi connectivity index (χ2n) is 6.17. The van der Waals surface area contributed by atoms with Gasteiger partial charge in [-0.25, -0.2) is 9.67 Å². The Morgan fingerprint density at radius 2 is 2.00 bits per heavy atom. The summed E-state index contributed by atoms with van der Waals surface area (Å²) in [6, 6.07) is 0. The topological polar surface area (TPSA) is 63.2 Å². The monoisotopic (exact) mass is 294 g/mol. The van der Waals surface area contributed by atoms with Gasteiger partial charge < -0.3 is 10.6 Å². The van der Waals surface area contributed by atoms with Crippen molar-refractivity contribution in [3.8, 4) is 0 Å². The maximum absolute atomic E-state index is 5.74. The molecule has 0 aromatic carbocycles. The molecule has 120 valence electrons. The molecule has 0 bridgehead atoms. The molecule has 2 N–H and O–H groups in total. The molecular weight excluding hydrogens is 264 g/mol. The highest BCUT2D eigenvalue weighted by Crippen LogP contribution is 2.09. The lowest BCUT2D eigenvalue weighted by Gasteiger charge is -2.23. The molecule has 21 heavy (non-hydrogen) atoms. The van der Waals surface area contributed by atoms with Crippen LogP contribution in [-0.2, 0) is 13.1 Å². The number of hydrogen-bond acceptors (Lipinski definition) is 5. The Hall–Kier alpha value is -0.980. The zero-order chi connectivity index (χ0) is 15.1. The number of aromatic nitrogens is 3. The maximum Gasteiger partial charge on any atom is 0.141 e. The number of hydrogen-bond donors (Lipinski definition) is 1. The highest BCUT2D eigenvalue weighted by Gasteiger charge is 2.17. The van der Waals surface area contributed by atoms with E-state index in [0.717, 1.165) is 58.1 Å². The summed E-state index contributed by atoms with van der Waals surface area (Å²) >= 11 is 0. The van der Waals surface area contributed by atoms with Crippen molar-refractivity contribution < 1.29 is 0 Å². The molecule has 2 heterocycles. The predicted octanol–water partition coefficient (Wildman–Crippen LogP) is 0.791. The van der Waals surface area contributed by atoms with Crippen LogP contribution in [0.15, 0.2) is 6.33 Å². The van der Waals surface area contributed by atoms with Gasteiger partial charge in [0.1, 0.15) is 12.2 Å². The number of nitrogens with zero attached hydrogens (tertiary/aromatic N) is 5. The highest BCUT2D eigenvalue weighted by molar-refractivity contribution is 4.86. The molecule has 1 saturated heterocycles. The summed E-state index contributed by atoms with van der Waals surface area (Å²) in [5.74, 6) is 1.69. The molecule has 0 aliphatic carbocycles. The van der Waals surface area contributed by atoms with Crippen LogP contribution >= 0.6 is 0 Å². The Morgan fingerprint density at radius 1 is 1.24 bits per heavy atom. The summed E-state index contributed by atoms with van der Waals surface area (Å²) in [4.78, 5) is 9.47. The van der Waals surface area contributed by atoms with Crippen molar-refractivity contribution in [1.29, 1.82) is 0 Å². The van der Waals surface area contributed by atoms with Gasteiger partial charge in [0.25, 0.3) is 0 Å². The molecule has 1 unspecified atom stereocenters. The first-order chi connectivity index (χ1) is 10.2. The average molecular weight is 294 g/mol. The van der Waals surface area contributed by atoms with E-state index < -0.39 is 0 Å². The van der Waals surface area contributed by atoms with E-state index in [-0.39, 0.29) is 0 Å². The van der Waals surface area contributed by atoms with Gasteiger partial charge >= 0.3 is 0 Å². The van der Waals surface area contributed by atoms with Crippen LogP contribution in [0.3, 0.4) is 0 Å². The predicted molar refractivity (Wildman–Crippen MR) is 84.9 cm³/mol. The minimum absolute atomic E-state index is 0.587. The number of nitrogens with two attached hydrogens (primary N) is 1. The van der Waals surface area contributed by atoms with E-state index in [2.05, 4.69) is 33.7 Å². The third-order valence-corrected chi connectivity index (χ3v) is 4.15. The van der Waals surface area contributed by atoms with Crippen molar-refractivity contribution in [2.75, 3.05) is 39.3 Å². The SMILES string of the molecule is CCCn1ncnc1CN1CCCN(CC(C)CN)CC1. The van der Waals surface area contributed by atoms with E-state index in [0.29, 0.717) is 5.92 Å². The van der Waals surface area contributed by atoms with Gasteiger partial charge in [-0.05, 0) is 38.4 Å². The Bertz CT molecular complexity index is 405. The van der Waals surface area contributed by atoms with Crippen LogP contribution in [-0.4, -0.2) is 63.8 Å². The lowest BCUT2D eigenvalue weighted by atomic mass is 10.1. The molecule has 0 amide bonds. The normalized spacial score (nSPS) is 19.6. The minimum Gasteiger partial charge on any atom is -0.330 e. The second kappa shape index (κ2) is 8.46. The van der Waals surface area contributed by atoms with Gasteiger partial charge in [0.2, 0.25) is 0 Å². The van der Waals surface area contributed by atoms with E-state index in [9.17, 15) is 0 Å². The van der Waals surface area contributed by atoms with Gasteiger partial charge in [-0.1, -0.05) is 13.8 Å². The van der Waals surface area contributed by atoms with Crippen LogP contribution in [0.1, 0.15) is 32.5 Å². The van der Waals surface area contributed by atoms with Gasteiger partial charge in [0.15, 0.2) is 0 Å². The summed E-state index contributed by atoms with van der Waals surface area (Å²) in [5, 5.41) is 4.31. The van der Waals surface area contributed by atoms with E-state index in [1.807, 2.05) is 4.68 Å². The number of rotatable bonds is 7.